The molecule has 1 saturated heterocycles. The van der Waals surface area contributed by atoms with Crippen LogP contribution in [0.3, 0.4) is 0 Å². The molecule has 1 fully saturated rings. The number of nitrogens with one attached hydrogen (secondary N) is 1. The normalized spacial score (nSPS) is 19.4. The van der Waals surface area contributed by atoms with Gasteiger partial charge in [0.2, 0.25) is 0 Å². The molecule has 3 N–H and O–H groups in total. The van der Waals surface area contributed by atoms with Crippen molar-refractivity contribution in [2.45, 2.75) is 12.0 Å². The molecule has 1 amide bonds. The van der Waals surface area contributed by atoms with E-state index >= 15 is 0 Å². The molecular weight excluding hydrogens is 344 g/mol. The van der Waals surface area contributed by atoms with Gasteiger partial charge in [0.15, 0.2) is 0 Å². The lowest BCUT2D eigenvalue weighted by molar-refractivity contribution is 0.0785. The monoisotopic (exact) mass is 364 g/mol. The van der Waals surface area contributed by atoms with Crippen LogP contribution >= 0.6 is 0 Å². The fourth-order valence-corrected chi connectivity index (χ4v) is 3.64. The molecule has 138 valence electrons. The van der Waals surface area contributed by atoms with E-state index in [1.165, 1.54) is 0 Å². The summed E-state index contributed by atoms with van der Waals surface area (Å²) < 4.78 is 5.29. The minimum Gasteiger partial charge on any atom is -0.497 e. The van der Waals surface area contributed by atoms with Crippen LogP contribution in [0, 0.1) is 0 Å². The molecule has 7 heteroatoms. The maximum Gasteiger partial charge on any atom is 0.346 e. The van der Waals surface area contributed by atoms with Crippen molar-refractivity contribution in [2.75, 3.05) is 20.2 Å². The molecule has 0 unspecified atom stereocenters. The molecule has 2 aromatic carbocycles. The third-order valence-electron chi connectivity index (χ3n) is 5.01. The van der Waals surface area contributed by atoms with Gasteiger partial charge in [0.05, 0.1) is 12.6 Å². The second kappa shape index (κ2) is 6.85. The van der Waals surface area contributed by atoms with E-state index in [0.717, 1.165) is 11.3 Å². The van der Waals surface area contributed by atoms with Gasteiger partial charge in [-0.1, -0.05) is 30.3 Å². The number of para-hydroxylation sites is 1. The molecule has 0 saturated carbocycles. The lowest BCUT2D eigenvalue weighted by atomic mass is 9.95. The maximum atomic E-state index is 13.1. The number of methoxy groups -OCH3 is 1. The molecule has 1 aliphatic rings. The van der Waals surface area contributed by atoms with Crippen molar-refractivity contribution < 1.29 is 9.53 Å². The molecule has 0 radical (unpaired) electrons. The number of carbonyl (C=O) groups excluding carboxylic acids is 1. The third kappa shape index (κ3) is 3.17. The van der Waals surface area contributed by atoms with E-state index in [0.29, 0.717) is 24.0 Å². The van der Waals surface area contributed by atoms with Crippen LogP contribution in [0.4, 0.5) is 0 Å². The quantitative estimate of drug-likeness (QED) is 0.733. The lowest BCUT2D eigenvalue weighted by Gasteiger charge is -2.17. The number of aromatic amines is 1. The predicted octanol–water partition coefficient (Wildman–Crippen LogP) is 1.50. The Morgan fingerprint density at radius 1 is 1.22 bits per heavy atom. The highest BCUT2D eigenvalue weighted by atomic mass is 16.5. The molecule has 0 aliphatic carbocycles. The SMILES string of the molecule is COc1cccc([C@@H]2CN(C(=O)c3nc(=O)[nH]c4ccccc34)C[C@H]2N)c1. The third-order valence-corrected chi connectivity index (χ3v) is 5.01. The van der Waals surface area contributed by atoms with Crippen LogP contribution < -0.4 is 16.2 Å². The van der Waals surface area contributed by atoms with Crippen LogP contribution in [0.25, 0.3) is 10.9 Å². The number of H-pyrrole nitrogens is 1. The molecule has 0 spiro atoms. The number of hydrogen-bond donors (Lipinski definition) is 2. The van der Waals surface area contributed by atoms with E-state index in [9.17, 15) is 9.59 Å². The van der Waals surface area contributed by atoms with E-state index in [1.807, 2.05) is 30.3 Å². The highest BCUT2D eigenvalue weighted by Gasteiger charge is 2.35. The largest absolute Gasteiger partial charge is 0.497 e. The fraction of sp³-hybridized carbons (Fsp3) is 0.250. The Kier molecular flexibility index (Phi) is 4.37. The minimum atomic E-state index is -0.537. The summed E-state index contributed by atoms with van der Waals surface area (Å²) in [5.41, 5.74) is 7.57. The summed E-state index contributed by atoms with van der Waals surface area (Å²) in [5.74, 6) is 0.474. The predicted molar refractivity (Wildman–Crippen MR) is 102 cm³/mol. The Morgan fingerprint density at radius 3 is 2.85 bits per heavy atom. The first kappa shape index (κ1) is 17.2. The van der Waals surface area contributed by atoms with Crippen molar-refractivity contribution in [1.29, 1.82) is 0 Å². The van der Waals surface area contributed by atoms with Crippen molar-refractivity contribution in [3.63, 3.8) is 0 Å². The van der Waals surface area contributed by atoms with Gasteiger partial charge in [-0.15, -0.1) is 0 Å². The van der Waals surface area contributed by atoms with E-state index in [-0.39, 0.29) is 23.6 Å². The summed E-state index contributed by atoms with van der Waals surface area (Å²) >= 11 is 0. The van der Waals surface area contributed by atoms with Crippen molar-refractivity contribution >= 4 is 16.8 Å². The molecule has 3 aromatic rings. The maximum absolute atomic E-state index is 13.1. The van der Waals surface area contributed by atoms with Crippen molar-refractivity contribution in [1.82, 2.24) is 14.9 Å². The Labute approximate surface area is 155 Å². The van der Waals surface area contributed by atoms with E-state index in [2.05, 4.69) is 9.97 Å². The summed E-state index contributed by atoms with van der Waals surface area (Å²) in [6.07, 6.45) is 0. The number of likely N-dealkylation sites (tertiary alicyclic amines) is 1. The molecule has 1 aromatic heterocycles. The first-order valence-corrected chi connectivity index (χ1v) is 8.74. The van der Waals surface area contributed by atoms with Crippen LogP contribution in [0.5, 0.6) is 5.75 Å². The van der Waals surface area contributed by atoms with Gasteiger partial charge in [-0.3, -0.25) is 4.79 Å². The van der Waals surface area contributed by atoms with E-state index in [4.69, 9.17) is 10.5 Å². The van der Waals surface area contributed by atoms with Gasteiger partial charge in [0, 0.05) is 30.4 Å². The topological polar surface area (TPSA) is 101 Å². The number of fused-ring (bicyclic) bond motifs is 1. The Hall–Kier alpha value is -3.19. The van der Waals surface area contributed by atoms with Gasteiger partial charge in [-0.2, -0.15) is 4.98 Å². The summed E-state index contributed by atoms with van der Waals surface area (Å²) in [6, 6.07) is 14.7. The number of rotatable bonds is 3. The van der Waals surface area contributed by atoms with E-state index in [1.54, 1.807) is 30.2 Å². The van der Waals surface area contributed by atoms with Crippen LogP contribution in [0.15, 0.2) is 53.3 Å². The van der Waals surface area contributed by atoms with Crippen molar-refractivity contribution in [3.05, 3.63) is 70.3 Å². The summed E-state index contributed by atoms with van der Waals surface area (Å²) in [5, 5.41) is 0.625. The van der Waals surface area contributed by atoms with Crippen LogP contribution in [-0.4, -0.2) is 47.0 Å². The molecule has 2 heterocycles. The molecule has 27 heavy (non-hydrogen) atoms. The Balaban J connectivity index is 1.65. The lowest BCUT2D eigenvalue weighted by Crippen LogP contribution is -2.33. The molecule has 4 rings (SSSR count). The second-order valence-corrected chi connectivity index (χ2v) is 6.69. The molecule has 7 nitrogen and oxygen atoms in total. The summed E-state index contributed by atoms with van der Waals surface area (Å²) in [4.78, 5) is 33.2. The van der Waals surface area contributed by atoms with Gasteiger partial charge in [-0.05, 0) is 23.8 Å². The second-order valence-electron chi connectivity index (χ2n) is 6.69. The molecular formula is C20H20N4O3. The fourth-order valence-electron chi connectivity index (χ4n) is 3.64. The Bertz CT molecular complexity index is 1060. The number of benzene rings is 2. The highest BCUT2D eigenvalue weighted by Crippen LogP contribution is 2.30. The van der Waals surface area contributed by atoms with Gasteiger partial charge < -0.3 is 20.4 Å². The zero-order valence-electron chi connectivity index (χ0n) is 14.9. The van der Waals surface area contributed by atoms with Crippen LogP contribution in [0.1, 0.15) is 22.0 Å². The van der Waals surface area contributed by atoms with Gasteiger partial charge in [-0.25, -0.2) is 4.79 Å². The molecule has 0 bridgehead atoms. The first-order valence-electron chi connectivity index (χ1n) is 8.74. The molecule has 2 atom stereocenters. The average Bonchev–Trinajstić information content (AvgIpc) is 3.08. The molecule has 1 aliphatic heterocycles. The smallest absolute Gasteiger partial charge is 0.346 e. The summed E-state index contributed by atoms with van der Waals surface area (Å²) in [6.45, 7) is 0.874. The number of carbonyl (C=O) groups is 1. The zero-order valence-corrected chi connectivity index (χ0v) is 14.9. The first-order chi connectivity index (χ1) is 13.1. The van der Waals surface area contributed by atoms with E-state index < -0.39 is 5.69 Å². The number of nitrogens with zero attached hydrogens (tertiary/aromatic N) is 2. The minimum absolute atomic E-state index is 0.00249. The number of nitrogens with two attached hydrogens (primary N) is 1. The van der Waals surface area contributed by atoms with Crippen molar-refractivity contribution in [2.24, 2.45) is 5.73 Å². The summed E-state index contributed by atoms with van der Waals surface area (Å²) in [7, 11) is 1.62. The van der Waals surface area contributed by atoms with Crippen LogP contribution in [-0.2, 0) is 0 Å². The van der Waals surface area contributed by atoms with Crippen molar-refractivity contribution in [3.8, 4) is 5.75 Å². The number of amides is 1. The van der Waals surface area contributed by atoms with Gasteiger partial charge in [0.1, 0.15) is 11.4 Å². The number of aromatic nitrogens is 2. The standard InChI is InChI=1S/C20H20N4O3/c1-27-13-6-4-5-12(9-13)15-10-24(11-16(15)21)19(25)18-14-7-2-3-8-17(14)22-20(26)23-18/h2-9,15-16H,10-11,21H2,1H3,(H,22,23,26)/t15-,16+/m0/s1. The van der Waals surface area contributed by atoms with Crippen LogP contribution in [0.2, 0.25) is 0 Å². The Morgan fingerprint density at radius 2 is 2.04 bits per heavy atom. The highest BCUT2D eigenvalue weighted by molar-refractivity contribution is 6.04. The van der Waals surface area contributed by atoms with Gasteiger partial charge >= 0.3 is 5.69 Å². The zero-order chi connectivity index (χ0) is 19.0. The number of hydrogen-bond acceptors (Lipinski definition) is 5. The average molecular weight is 364 g/mol. The van der Waals surface area contributed by atoms with Gasteiger partial charge in [0.25, 0.3) is 5.91 Å². The number of ether oxygens (including phenoxy) is 1.